The van der Waals surface area contributed by atoms with Crippen LogP contribution in [-0.4, -0.2) is 10.2 Å². The van der Waals surface area contributed by atoms with E-state index in [1.165, 1.54) is 11.3 Å². The van der Waals surface area contributed by atoms with E-state index in [9.17, 15) is 0 Å². The first kappa shape index (κ1) is 13.5. The summed E-state index contributed by atoms with van der Waals surface area (Å²) < 4.78 is 1.01. The molecule has 0 bridgehead atoms. The first-order valence-corrected chi connectivity index (χ1v) is 7.82. The van der Waals surface area contributed by atoms with Gasteiger partial charge in [0.1, 0.15) is 0 Å². The number of aromatic nitrogens is 2. The quantitative estimate of drug-likeness (QED) is 0.677. The monoisotopic (exact) mass is 365 g/mol. The summed E-state index contributed by atoms with van der Waals surface area (Å²) in [5, 5.41) is 13.9. The third kappa shape index (κ3) is 3.00. The molecule has 0 radical (unpaired) electrons. The number of nitrogens with zero attached hydrogens (tertiary/aromatic N) is 2. The lowest BCUT2D eigenvalue weighted by Gasteiger charge is -2.01. The molecule has 0 saturated heterocycles. The Morgan fingerprint density at radius 2 is 1.75 bits per heavy atom. The third-order valence-corrected chi connectivity index (χ3v) is 4.44. The number of anilines is 2. The van der Waals surface area contributed by atoms with Crippen LogP contribution in [0.5, 0.6) is 0 Å². The van der Waals surface area contributed by atoms with Crippen LogP contribution in [0.25, 0.3) is 10.6 Å². The van der Waals surface area contributed by atoms with E-state index in [1.54, 1.807) is 0 Å². The summed E-state index contributed by atoms with van der Waals surface area (Å²) in [7, 11) is 0. The summed E-state index contributed by atoms with van der Waals surface area (Å²) in [4.78, 5) is 0. The highest BCUT2D eigenvalue weighted by atomic mass is 79.9. The van der Waals surface area contributed by atoms with Crippen molar-refractivity contribution in [2.24, 2.45) is 0 Å². The smallest absolute Gasteiger partial charge is 0.210 e. The van der Waals surface area contributed by atoms with Gasteiger partial charge in [-0.05, 0) is 30.3 Å². The van der Waals surface area contributed by atoms with E-state index in [0.29, 0.717) is 5.02 Å². The van der Waals surface area contributed by atoms with Gasteiger partial charge in [0, 0.05) is 20.7 Å². The van der Waals surface area contributed by atoms with E-state index in [2.05, 4.69) is 31.4 Å². The Balaban J connectivity index is 1.84. The van der Waals surface area contributed by atoms with Crippen LogP contribution in [0.3, 0.4) is 0 Å². The SMILES string of the molecule is Clc1ccc(Nc2nnc(-c3ccccc3Br)s2)cc1. The number of nitrogens with one attached hydrogen (secondary N) is 1. The van der Waals surface area contributed by atoms with Crippen LogP contribution in [0.4, 0.5) is 10.8 Å². The second-order valence-electron chi connectivity index (χ2n) is 4.02. The molecule has 0 amide bonds. The minimum Gasteiger partial charge on any atom is -0.330 e. The Bertz CT molecular complexity index is 727. The Morgan fingerprint density at radius 3 is 2.50 bits per heavy atom. The maximum absolute atomic E-state index is 5.86. The average molecular weight is 367 g/mol. The summed E-state index contributed by atoms with van der Waals surface area (Å²) in [5.41, 5.74) is 1.97. The molecule has 0 atom stereocenters. The minimum absolute atomic E-state index is 0.710. The van der Waals surface area contributed by atoms with Gasteiger partial charge < -0.3 is 5.32 Å². The lowest BCUT2D eigenvalue weighted by Crippen LogP contribution is -1.88. The molecule has 0 saturated carbocycles. The number of hydrogen-bond acceptors (Lipinski definition) is 4. The molecule has 0 aliphatic heterocycles. The molecule has 0 spiro atoms. The molecule has 2 aromatic carbocycles. The molecular weight excluding hydrogens is 358 g/mol. The Labute approximate surface area is 133 Å². The molecule has 0 fully saturated rings. The highest BCUT2D eigenvalue weighted by Gasteiger charge is 2.09. The Hall–Kier alpha value is -1.43. The summed E-state index contributed by atoms with van der Waals surface area (Å²) in [6.45, 7) is 0. The summed E-state index contributed by atoms with van der Waals surface area (Å²) in [5.74, 6) is 0. The normalized spacial score (nSPS) is 10.5. The highest BCUT2D eigenvalue weighted by Crippen LogP contribution is 2.32. The largest absolute Gasteiger partial charge is 0.330 e. The van der Waals surface area contributed by atoms with Gasteiger partial charge in [-0.2, -0.15) is 0 Å². The van der Waals surface area contributed by atoms with Crippen molar-refractivity contribution < 1.29 is 0 Å². The predicted molar refractivity (Wildman–Crippen MR) is 87.8 cm³/mol. The number of rotatable bonds is 3. The zero-order valence-corrected chi connectivity index (χ0v) is 13.3. The van der Waals surface area contributed by atoms with Gasteiger partial charge in [0.15, 0.2) is 5.01 Å². The maximum Gasteiger partial charge on any atom is 0.210 e. The summed E-state index contributed by atoms with van der Waals surface area (Å²) >= 11 is 10.9. The highest BCUT2D eigenvalue weighted by molar-refractivity contribution is 9.10. The minimum atomic E-state index is 0.710. The molecule has 6 heteroatoms. The molecule has 3 rings (SSSR count). The van der Waals surface area contributed by atoms with Crippen LogP contribution >= 0.6 is 38.9 Å². The second kappa shape index (κ2) is 5.91. The van der Waals surface area contributed by atoms with Gasteiger partial charge in [-0.25, -0.2) is 0 Å². The zero-order valence-electron chi connectivity index (χ0n) is 10.2. The third-order valence-electron chi connectivity index (χ3n) is 2.62. The van der Waals surface area contributed by atoms with Gasteiger partial charge in [-0.1, -0.05) is 57.1 Å². The van der Waals surface area contributed by atoms with Crippen LogP contribution in [0.15, 0.2) is 53.0 Å². The van der Waals surface area contributed by atoms with Gasteiger partial charge in [-0.3, -0.25) is 0 Å². The van der Waals surface area contributed by atoms with Crippen molar-refractivity contribution in [2.45, 2.75) is 0 Å². The van der Waals surface area contributed by atoms with Crippen LogP contribution in [0, 0.1) is 0 Å². The predicted octanol–water partition coefficient (Wildman–Crippen LogP) is 5.36. The first-order chi connectivity index (χ1) is 9.72. The van der Waals surface area contributed by atoms with Crippen molar-refractivity contribution in [1.29, 1.82) is 0 Å². The van der Waals surface area contributed by atoms with E-state index in [1.807, 2.05) is 48.5 Å². The lowest BCUT2D eigenvalue weighted by molar-refractivity contribution is 1.10. The second-order valence-corrected chi connectivity index (χ2v) is 6.29. The van der Waals surface area contributed by atoms with E-state index in [-0.39, 0.29) is 0 Å². The van der Waals surface area contributed by atoms with Crippen LogP contribution in [0.1, 0.15) is 0 Å². The van der Waals surface area contributed by atoms with E-state index < -0.39 is 0 Å². The topological polar surface area (TPSA) is 37.8 Å². The molecule has 0 aliphatic carbocycles. The molecular formula is C14H9BrClN3S. The summed E-state index contributed by atoms with van der Waals surface area (Å²) in [6.07, 6.45) is 0. The average Bonchev–Trinajstić information content (AvgIpc) is 2.90. The molecule has 20 heavy (non-hydrogen) atoms. The molecule has 0 unspecified atom stereocenters. The molecule has 3 aromatic rings. The zero-order chi connectivity index (χ0) is 13.9. The van der Waals surface area contributed by atoms with E-state index >= 15 is 0 Å². The fourth-order valence-corrected chi connectivity index (χ4v) is 3.21. The van der Waals surface area contributed by atoms with Gasteiger partial charge in [-0.15, -0.1) is 10.2 Å². The fraction of sp³-hybridized carbons (Fsp3) is 0. The van der Waals surface area contributed by atoms with E-state index in [0.717, 1.165) is 25.9 Å². The Morgan fingerprint density at radius 1 is 1.00 bits per heavy atom. The molecule has 1 N–H and O–H groups in total. The molecule has 0 aliphatic rings. The van der Waals surface area contributed by atoms with Crippen molar-refractivity contribution in [2.75, 3.05) is 5.32 Å². The number of halogens is 2. The first-order valence-electron chi connectivity index (χ1n) is 5.83. The summed E-state index contributed by atoms with van der Waals surface area (Å²) in [6, 6.07) is 15.4. The van der Waals surface area contributed by atoms with Crippen molar-refractivity contribution in [3.05, 3.63) is 58.0 Å². The Kier molecular flexibility index (Phi) is 4.00. The molecule has 1 aromatic heterocycles. The van der Waals surface area contributed by atoms with Crippen LogP contribution in [0.2, 0.25) is 5.02 Å². The standard InChI is InChI=1S/C14H9BrClN3S/c15-12-4-2-1-3-11(12)13-18-19-14(20-13)17-10-7-5-9(16)6-8-10/h1-8H,(H,17,19). The lowest BCUT2D eigenvalue weighted by atomic mass is 10.2. The molecule has 3 nitrogen and oxygen atoms in total. The van der Waals surface area contributed by atoms with Crippen molar-refractivity contribution in [3.8, 4) is 10.6 Å². The van der Waals surface area contributed by atoms with Gasteiger partial charge in [0.05, 0.1) is 0 Å². The van der Waals surface area contributed by atoms with Gasteiger partial charge in [0.2, 0.25) is 5.13 Å². The van der Waals surface area contributed by atoms with Crippen LogP contribution < -0.4 is 5.32 Å². The molecule has 100 valence electrons. The number of benzene rings is 2. The maximum atomic E-state index is 5.86. The van der Waals surface area contributed by atoms with Crippen molar-refractivity contribution in [1.82, 2.24) is 10.2 Å². The van der Waals surface area contributed by atoms with E-state index in [4.69, 9.17) is 11.6 Å². The van der Waals surface area contributed by atoms with Gasteiger partial charge in [0.25, 0.3) is 0 Å². The van der Waals surface area contributed by atoms with Crippen molar-refractivity contribution >= 4 is 49.7 Å². The number of hydrogen-bond donors (Lipinski definition) is 1. The van der Waals surface area contributed by atoms with Crippen molar-refractivity contribution in [3.63, 3.8) is 0 Å². The fourth-order valence-electron chi connectivity index (χ4n) is 1.67. The molecule has 1 heterocycles. The van der Waals surface area contributed by atoms with Gasteiger partial charge >= 0.3 is 0 Å². The van der Waals surface area contributed by atoms with Crippen LogP contribution in [-0.2, 0) is 0 Å².